The number of carbonyl (C=O) groups is 3. The molecule has 0 spiro atoms. The Kier molecular flexibility index (Phi) is 8.02. The molecule has 3 aromatic rings. The lowest BCUT2D eigenvalue weighted by Gasteiger charge is -2.37. The third-order valence-corrected chi connectivity index (χ3v) is 9.63. The summed E-state index contributed by atoms with van der Waals surface area (Å²) in [7, 11) is -1.64. The summed E-state index contributed by atoms with van der Waals surface area (Å²) in [5, 5.41) is 0.0439. The summed E-state index contributed by atoms with van der Waals surface area (Å²) in [5.41, 5.74) is 0.394. The number of carbonyl (C=O) groups excluding carboxylic acids is 3. The standard InChI is InChI=1S/C30H27N3O7S2/c1-19-14-16-22(17-15-19)42(37,38)18-31-25-23(26(34)39-2)24(27(35)40-3)33-28(36)30(32-29(33)41-25,20-10-6-4-7-11-20)21-12-8-5-9-13-21/h4-17,23-24H,18H2,1-3H3/b31-25-/t23-,24-/m0/s1. The molecule has 2 heterocycles. The van der Waals surface area contributed by atoms with Crippen molar-refractivity contribution in [3.63, 3.8) is 0 Å². The summed E-state index contributed by atoms with van der Waals surface area (Å²) in [6, 6.07) is 22.5. The topological polar surface area (TPSA) is 132 Å². The van der Waals surface area contributed by atoms with Gasteiger partial charge in [0.15, 0.2) is 26.6 Å². The van der Waals surface area contributed by atoms with Crippen LogP contribution < -0.4 is 0 Å². The fourth-order valence-corrected chi connectivity index (χ4v) is 7.22. The van der Waals surface area contributed by atoms with Gasteiger partial charge in [-0.15, -0.1) is 0 Å². The number of rotatable bonds is 7. The Labute approximate surface area is 247 Å². The van der Waals surface area contributed by atoms with Crippen LogP contribution >= 0.6 is 11.8 Å². The molecule has 5 rings (SSSR count). The van der Waals surface area contributed by atoms with Crippen molar-refractivity contribution in [1.82, 2.24) is 4.90 Å². The molecule has 2 aliphatic heterocycles. The Bertz CT molecular complexity index is 1650. The number of amidine groups is 1. The quantitative estimate of drug-likeness (QED) is 0.375. The van der Waals surface area contributed by atoms with E-state index in [1.54, 1.807) is 72.8 Å². The number of aliphatic imine (C=N–C) groups is 2. The zero-order chi connectivity index (χ0) is 30.1. The number of amides is 1. The molecule has 0 radical (unpaired) electrons. The summed E-state index contributed by atoms with van der Waals surface area (Å²) in [6.07, 6.45) is 0. The largest absolute Gasteiger partial charge is 0.468 e. The first-order chi connectivity index (χ1) is 20.1. The van der Waals surface area contributed by atoms with Gasteiger partial charge in [0.25, 0.3) is 5.91 Å². The van der Waals surface area contributed by atoms with Gasteiger partial charge in [0.2, 0.25) is 0 Å². The van der Waals surface area contributed by atoms with Crippen LogP contribution in [0, 0.1) is 12.8 Å². The maximum atomic E-state index is 14.5. The molecule has 12 heteroatoms. The molecule has 0 bridgehead atoms. The SMILES string of the molecule is COC(=O)[C@@H]1/C(=N/CS(=O)(=O)c2ccc(C)cc2)SC2=NC(c3ccccc3)(c3ccccc3)C(=O)N2[C@@H]1C(=O)OC. The Balaban J connectivity index is 1.68. The minimum atomic E-state index is -3.91. The average Bonchev–Trinajstić information content (AvgIpc) is 3.32. The fraction of sp³-hybridized carbons (Fsp3) is 0.233. The molecule has 216 valence electrons. The van der Waals surface area contributed by atoms with Crippen LogP contribution in [0.15, 0.2) is 99.8 Å². The van der Waals surface area contributed by atoms with E-state index in [-0.39, 0.29) is 15.1 Å². The molecular weight excluding hydrogens is 578 g/mol. The molecule has 3 aromatic carbocycles. The Morgan fingerprint density at radius 1 is 0.905 bits per heavy atom. The first kappa shape index (κ1) is 29.2. The van der Waals surface area contributed by atoms with Crippen molar-refractivity contribution in [3.05, 3.63) is 102 Å². The lowest BCUT2D eigenvalue weighted by molar-refractivity contribution is -0.157. The second-order valence-corrected chi connectivity index (χ2v) is 12.6. The number of nitrogens with zero attached hydrogens (tertiary/aromatic N) is 3. The average molecular weight is 606 g/mol. The minimum Gasteiger partial charge on any atom is -0.468 e. The normalized spacial score (nSPS) is 20.5. The summed E-state index contributed by atoms with van der Waals surface area (Å²) >= 11 is 0.851. The molecule has 0 N–H and O–H groups in total. The van der Waals surface area contributed by atoms with Crippen molar-refractivity contribution >= 4 is 49.7 Å². The molecule has 2 aliphatic rings. The van der Waals surface area contributed by atoms with Gasteiger partial charge in [-0.3, -0.25) is 19.5 Å². The van der Waals surface area contributed by atoms with Crippen molar-refractivity contribution in [2.24, 2.45) is 15.9 Å². The Morgan fingerprint density at radius 3 is 1.98 bits per heavy atom. The molecule has 0 saturated carbocycles. The van der Waals surface area contributed by atoms with E-state index in [0.29, 0.717) is 11.1 Å². The van der Waals surface area contributed by atoms with Crippen molar-refractivity contribution in [2.45, 2.75) is 23.4 Å². The van der Waals surface area contributed by atoms with Crippen molar-refractivity contribution < 1.29 is 32.3 Å². The second kappa shape index (κ2) is 11.5. The number of esters is 2. The van der Waals surface area contributed by atoms with Gasteiger partial charge in [0.05, 0.1) is 24.2 Å². The highest BCUT2D eigenvalue weighted by Crippen LogP contribution is 2.46. The van der Waals surface area contributed by atoms with Crippen molar-refractivity contribution in [2.75, 3.05) is 20.1 Å². The van der Waals surface area contributed by atoms with Crippen LogP contribution in [0.25, 0.3) is 0 Å². The third-order valence-electron chi connectivity index (χ3n) is 7.10. The van der Waals surface area contributed by atoms with E-state index in [1.165, 1.54) is 12.1 Å². The lowest BCUT2D eigenvalue weighted by atomic mass is 9.82. The highest BCUT2D eigenvalue weighted by molar-refractivity contribution is 8.26. The van der Waals surface area contributed by atoms with Gasteiger partial charge < -0.3 is 9.47 Å². The number of benzene rings is 3. The lowest BCUT2D eigenvalue weighted by Crippen LogP contribution is -2.59. The first-order valence-corrected chi connectivity index (χ1v) is 15.3. The van der Waals surface area contributed by atoms with Gasteiger partial charge in [0.1, 0.15) is 11.8 Å². The number of hydrogen-bond acceptors (Lipinski definition) is 10. The number of fused-ring (bicyclic) bond motifs is 1. The van der Waals surface area contributed by atoms with Crippen molar-refractivity contribution in [3.8, 4) is 0 Å². The van der Waals surface area contributed by atoms with Crippen LogP contribution in [0.4, 0.5) is 0 Å². The molecule has 0 aromatic heterocycles. The second-order valence-electron chi connectivity index (χ2n) is 9.64. The monoisotopic (exact) mass is 605 g/mol. The van der Waals surface area contributed by atoms with Gasteiger partial charge in [0, 0.05) is 0 Å². The molecule has 1 amide bonds. The van der Waals surface area contributed by atoms with E-state index in [2.05, 4.69) is 4.99 Å². The van der Waals surface area contributed by atoms with Crippen LogP contribution in [-0.4, -0.2) is 67.5 Å². The Morgan fingerprint density at radius 2 is 1.45 bits per heavy atom. The predicted octanol–water partition coefficient (Wildman–Crippen LogP) is 3.34. The maximum absolute atomic E-state index is 14.5. The fourth-order valence-electron chi connectivity index (χ4n) is 4.98. The van der Waals surface area contributed by atoms with Gasteiger partial charge in [-0.1, -0.05) is 78.4 Å². The predicted molar refractivity (Wildman–Crippen MR) is 158 cm³/mol. The van der Waals surface area contributed by atoms with Crippen molar-refractivity contribution in [1.29, 1.82) is 0 Å². The van der Waals surface area contributed by atoms with Crippen LogP contribution in [0.2, 0.25) is 0 Å². The minimum absolute atomic E-state index is 0.0346. The summed E-state index contributed by atoms with van der Waals surface area (Å²) < 4.78 is 36.3. The van der Waals surface area contributed by atoms with Gasteiger partial charge in [-0.05, 0) is 41.9 Å². The molecule has 0 aliphatic carbocycles. The van der Waals surface area contributed by atoms with E-state index >= 15 is 0 Å². The van der Waals surface area contributed by atoms with Gasteiger partial charge in [-0.2, -0.15) is 0 Å². The summed E-state index contributed by atoms with van der Waals surface area (Å²) in [4.78, 5) is 51.4. The van der Waals surface area contributed by atoms with Gasteiger partial charge >= 0.3 is 11.9 Å². The van der Waals surface area contributed by atoms with E-state index in [1.807, 2.05) is 6.92 Å². The van der Waals surface area contributed by atoms with Gasteiger partial charge in [-0.25, -0.2) is 18.2 Å². The van der Waals surface area contributed by atoms with E-state index in [9.17, 15) is 22.8 Å². The molecular formula is C30H27N3O7S2. The van der Waals surface area contributed by atoms with Crippen LogP contribution in [0.1, 0.15) is 16.7 Å². The molecule has 42 heavy (non-hydrogen) atoms. The summed E-state index contributed by atoms with van der Waals surface area (Å²) in [6.45, 7) is 1.84. The highest BCUT2D eigenvalue weighted by Gasteiger charge is 2.60. The zero-order valence-corrected chi connectivity index (χ0v) is 24.6. The summed E-state index contributed by atoms with van der Waals surface area (Å²) in [5.74, 6) is -4.52. The number of aryl methyl sites for hydroxylation is 1. The number of hydrogen-bond donors (Lipinski definition) is 0. The molecule has 1 fully saturated rings. The number of sulfone groups is 1. The van der Waals surface area contributed by atoms with E-state index < -0.39 is 51.1 Å². The molecule has 0 unspecified atom stereocenters. The molecule has 2 atom stereocenters. The molecule has 10 nitrogen and oxygen atoms in total. The number of ether oxygens (including phenoxy) is 2. The van der Waals surface area contributed by atoms with Crippen LogP contribution in [0.5, 0.6) is 0 Å². The van der Waals surface area contributed by atoms with Crippen LogP contribution in [-0.2, 0) is 39.2 Å². The molecule has 1 saturated heterocycles. The maximum Gasteiger partial charge on any atom is 0.330 e. The van der Waals surface area contributed by atoms with Crippen LogP contribution in [0.3, 0.4) is 0 Å². The smallest absolute Gasteiger partial charge is 0.330 e. The van der Waals surface area contributed by atoms with E-state index in [0.717, 1.165) is 36.4 Å². The third kappa shape index (κ3) is 5.01. The number of thioether (sulfide) groups is 1. The zero-order valence-electron chi connectivity index (χ0n) is 23.0. The number of methoxy groups -OCH3 is 2. The highest BCUT2D eigenvalue weighted by atomic mass is 32.2. The first-order valence-electron chi connectivity index (χ1n) is 12.9. The Hall–Kier alpha value is -4.29. The van der Waals surface area contributed by atoms with E-state index in [4.69, 9.17) is 14.5 Å².